The van der Waals surface area contributed by atoms with Crippen LogP contribution in [0.1, 0.15) is 41.0 Å². The number of hydrogen-bond acceptors (Lipinski definition) is 3. The molecule has 0 amide bonds. The normalized spacial score (nSPS) is 13.4. The van der Waals surface area contributed by atoms with Crippen molar-refractivity contribution in [3.8, 4) is 0 Å². The molecule has 14 heavy (non-hydrogen) atoms. The van der Waals surface area contributed by atoms with E-state index in [1.165, 1.54) is 6.92 Å². The summed E-state index contributed by atoms with van der Waals surface area (Å²) in [6.07, 6.45) is 0.301. The third-order valence-corrected chi connectivity index (χ3v) is 1.94. The molecular formula is C11H21NO2. The zero-order valence-corrected chi connectivity index (χ0v) is 9.76. The van der Waals surface area contributed by atoms with Gasteiger partial charge in [0.2, 0.25) is 0 Å². The predicted molar refractivity (Wildman–Crippen MR) is 57.2 cm³/mol. The van der Waals surface area contributed by atoms with Crippen molar-refractivity contribution in [3.63, 3.8) is 0 Å². The highest BCUT2D eigenvalue weighted by atomic mass is 16.1. The summed E-state index contributed by atoms with van der Waals surface area (Å²) in [4.78, 5) is 22.7. The molecule has 1 N–H and O–H groups in total. The number of carbonyl (C=O) groups is 2. The summed E-state index contributed by atoms with van der Waals surface area (Å²) in [6, 6.07) is -0.0884. The van der Waals surface area contributed by atoms with Crippen LogP contribution >= 0.6 is 0 Å². The van der Waals surface area contributed by atoms with Gasteiger partial charge in [-0.3, -0.25) is 9.59 Å². The summed E-state index contributed by atoms with van der Waals surface area (Å²) >= 11 is 0. The Bertz CT molecular complexity index is 209. The highest BCUT2D eigenvalue weighted by molar-refractivity contribution is 5.90. The van der Waals surface area contributed by atoms with Gasteiger partial charge in [-0.25, -0.2) is 0 Å². The molecule has 0 rings (SSSR count). The van der Waals surface area contributed by atoms with Crippen molar-refractivity contribution in [2.75, 3.05) is 0 Å². The topological polar surface area (TPSA) is 46.2 Å². The van der Waals surface area contributed by atoms with E-state index in [1.807, 2.05) is 27.7 Å². The molecule has 3 heteroatoms. The van der Waals surface area contributed by atoms with E-state index in [9.17, 15) is 9.59 Å². The van der Waals surface area contributed by atoms with Crippen LogP contribution < -0.4 is 5.32 Å². The Balaban J connectivity index is 4.38. The molecule has 0 aromatic rings. The highest BCUT2D eigenvalue weighted by Gasteiger charge is 2.22. The van der Waals surface area contributed by atoms with E-state index >= 15 is 0 Å². The molecule has 0 bridgehead atoms. The second-order valence-electron chi connectivity index (χ2n) is 4.34. The van der Waals surface area contributed by atoms with E-state index in [2.05, 4.69) is 5.32 Å². The third-order valence-electron chi connectivity index (χ3n) is 1.94. The molecule has 0 spiro atoms. The summed E-state index contributed by atoms with van der Waals surface area (Å²) in [5.41, 5.74) is 0. The Labute approximate surface area is 86.3 Å². The first kappa shape index (κ1) is 13.3. The zero-order valence-electron chi connectivity index (χ0n) is 9.76. The van der Waals surface area contributed by atoms with Crippen LogP contribution in [0.4, 0.5) is 0 Å². The van der Waals surface area contributed by atoms with Gasteiger partial charge in [0.1, 0.15) is 5.78 Å². The van der Waals surface area contributed by atoms with Gasteiger partial charge >= 0.3 is 0 Å². The number of rotatable bonds is 6. The van der Waals surface area contributed by atoms with Crippen molar-refractivity contribution in [2.24, 2.45) is 5.92 Å². The van der Waals surface area contributed by atoms with Crippen LogP contribution in [0.25, 0.3) is 0 Å². The fourth-order valence-corrected chi connectivity index (χ4v) is 1.33. The lowest BCUT2D eigenvalue weighted by Gasteiger charge is -2.20. The number of hydrogen-bond donors (Lipinski definition) is 1. The number of carbonyl (C=O) groups excluding carboxylic acids is 2. The van der Waals surface area contributed by atoms with Gasteiger partial charge < -0.3 is 5.32 Å². The van der Waals surface area contributed by atoms with Crippen molar-refractivity contribution in [1.82, 2.24) is 5.32 Å². The van der Waals surface area contributed by atoms with E-state index in [0.29, 0.717) is 6.42 Å². The standard InChI is InChI=1S/C11H21NO2/c1-7(2)11(14)10(6-9(5)13)12-8(3)4/h7-8,10,12H,6H2,1-5H3/t10-/m1/s1. The second-order valence-corrected chi connectivity index (χ2v) is 4.34. The van der Waals surface area contributed by atoms with E-state index in [4.69, 9.17) is 0 Å². The molecule has 0 aromatic carbocycles. The molecule has 0 aliphatic heterocycles. The minimum Gasteiger partial charge on any atom is -0.305 e. The molecule has 0 heterocycles. The van der Waals surface area contributed by atoms with Gasteiger partial charge in [0, 0.05) is 18.4 Å². The van der Waals surface area contributed by atoms with Gasteiger partial charge in [-0.1, -0.05) is 27.7 Å². The molecule has 0 saturated carbocycles. The summed E-state index contributed by atoms with van der Waals surface area (Å²) in [7, 11) is 0. The molecular weight excluding hydrogens is 178 g/mol. The Morgan fingerprint density at radius 1 is 1.14 bits per heavy atom. The van der Waals surface area contributed by atoms with Crippen LogP contribution in [0.5, 0.6) is 0 Å². The summed E-state index contributed by atoms with van der Waals surface area (Å²) in [6.45, 7) is 9.18. The van der Waals surface area contributed by atoms with Crippen LogP contribution in [-0.4, -0.2) is 23.7 Å². The predicted octanol–water partition coefficient (Wildman–Crippen LogP) is 1.56. The second kappa shape index (κ2) is 5.91. The highest BCUT2D eigenvalue weighted by Crippen LogP contribution is 2.05. The minimum atomic E-state index is -0.313. The van der Waals surface area contributed by atoms with Crippen LogP contribution in [0.3, 0.4) is 0 Å². The molecule has 1 atom stereocenters. The van der Waals surface area contributed by atoms with Crippen molar-refractivity contribution < 1.29 is 9.59 Å². The molecule has 3 nitrogen and oxygen atoms in total. The molecule has 0 radical (unpaired) electrons. The Hall–Kier alpha value is -0.700. The molecule has 0 aliphatic carbocycles. The maximum atomic E-state index is 11.7. The Morgan fingerprint density at radius 2 is 1.64 bits per heavy atom. The molecule has 0 fully saturated rings. The summed E-state index contributed by atoms with van der Waals surface area (Å²) < 4.78 is 0. The number of Topliss-reactive ketones (excluding diaryl/α,β-unsaturated/α-hetero) is 2. The lowest BCUT2D eigenvalue weighted by Crippen LogP contribution is -2.43. The molecule has 0 saturated heterocycles. The largest absolute Gasteiger partial charge is 0.305 e. The monoisotopic (exact) mass is 199 g/mol. The van der Waals surface area contributed by atoms with Gasteiger partial charge in [-0.05, 0) is 6.92 Å². The first-order chi connectivity index (χ1) is 6.34. The first-order valence-corrected chi connectivity index (χ1v) is 5.13. The molecule has 82 valence electrons. The number of nitrogens with one attached hydrogen (secondary N) is 1. The molecule has 0 unspecified atom stereocenters. The van der Waals surface area contributed by atoms with Crippen LogP contribution in [0.15, 0.2) is 0 Å². The summed E-state index contributed by atoms with van der Waals surface area (Å²) in [5.74, 6) is 0.150. The van der Waals surface area contributed by atoms with Crippen molar-refractivity contribution in [2.45, 2.75) is 53.1 Å². The van der Waals surface area contributed by atoms with Crippen LogP contribution in [0, 0.1) is 5.92 Å². The average molecular weight is 199 g/mol. The van der Waals surface area contributed by atoms with Gasteiger partial charge in [-0.15, -0.1) is 0 Å². The fourth-order valence-electron chi connectivity index (χ4n) is 1.33. The smallest absolute Gasteiger partial charge is 0.152 e. The maximum absolute atomic E-state index is 11.7. The maximum Gasteiger partial charge on any atom is 0.152 e. The van der Waals surface area contributed by atoms with Crippen LogP contribution in [0.2, 0.25) is 0 Å². The van der Waals surface area contributed by atoms with Gasteiger partial charge in [-0.2, -0.15) is 0 Å². The summed E-state index contributed by atoms with van der Waals surface area (Å²) in [5, 5.41) is 3.12. The zero-order chi connectivity index (χ0) is 11.3. The Morgan fingerprint density at radius 3 is 1.93 bits per heavy atom. The Kier molecular flexibility index (Phi) is 5.62. The van der Waals surface area contributed by atoms with Gasteiger partial charge in [0.15, 0.2) is 5.78 Å². The third kappa shape index (κ3) is 5.12. The average Bonchev–Trinajstić information content (AvgIpc) is 1.99. The van der Waals surface area contributed by atoms with E-state index < -0.39 is 0 Å². The van der Waals surface area contributed by atoms with Gasteiger partial charge in [0.25, 0.3) is 0 Å². The van der Waals surface area contributed by atoms with E-state index in [1.54, 1.807) is 0 Å². The molecule has 0 aliphatic rings. The fraction of sp³-hybridized carbons (Fsp3) is 0.818. The minimum absolute atomic E-state index is 0.0226. The molecule has 0 aromatic heterocycles. The van der Waals surface area contributed by atoms with E-state index in [0.717, 1.165) is 0 Å². The van der Waals surface area contributed by atoms with Crippen molar-refractivity contribution in [1.29, 1.82) is 0 Å². The lowest BCUT2D eigenvalue weighted by atomic mass is 9.97. The van der Waals surface area contributed by atoms with E-state index in [-0.39, 0.29) is 29.6 Å². The van der Waals surface area contributed by atoms with Gasteiger partial charge in [0.05, 0.1) is 6.04 Å². The quantitative estimate of drug-likeness (QED) is 0.706. The van der Waals surface area contributed by atoms with Crippen LogP contribution in [-0.2, 0) is 9.59 Å². The first-order valence-electron chi connectivity index (χ1n) is 5.13. The van der Waals surface area contributed by atoms with Crippen molar-refractivity contribution in [3.05, 3.63) is 0 Å². The lowest BCUT2D eigenvalue weighted by molar-refractivity contribution is -0.127. The van der Waals surface area contributed by atoms with Crippen molar-refractivity contribution >= 4 is 11.6 Å². The SMILES string of the molecule is CC(=O)C[C@@H](NC(C)C)C(=O)C(C)C. The number of ketones is 2.